The number of hydrogen-bond acceptors (Lipinski definition) is 3. The Morgan fingerprint density at radius 2 is 1.95 bits per heavy atom. The van der Waals surface area contributed by atoms with Crippen molar-refractivity contribution in [3.63, 3.8) is 0 Å². The zero-order valence-electron chi connectivity index (χ0n) is 14.0. The largest absolute Gasteiger partial charge is 0.392 e. The van der Waals surface area contributed by atoms with Crippen LogP contribution in [0.1, 0.15) is 43.5 Å². The van der Waals surface area contributed by atoms with Crippen LogP contribution in [0.2, 0.25) is 0 Å². The first kappa shape index (κ1) is 15.5. The van der Waals surface area contributed by atoms with Crippen molar-refractivity contribution in [2.75, 3.05) is 13.1 Å². The molecule has 0 bridgehead atoms. The molecular weight excluding hydrogens is 274 g/mol. The molecule has 1 N–H and O–H groups in total. The van der Waals surface area contributed by atoms with E-state index in [4.69, 9.17) is 5.10 Å². The third-order valence-electron chi connectivity index (χ3n) is 4.63. The summed E-state index contributed by atoms with van der Waals surface area (Å²) in [6.07, 6.45) is 2.61. The first-order valence-electron chi connectivity index (χ1n) is 8.41. The number of benzene rings is 1. The molecule has 0 atom stereocenters. The van der Waals surface area contributed by atoms with Gasteiger partial charge in [-0.3, -0.25) is 9.58 Å². The van der Waals surface area contributed by atoms with Crippen molar-refractivity contribution in [3.05, 3.63) is 29.0 Å². The van der Waals surface area contributed by atoms with Crippen LogP contribution in [-0.2, 0) is 19.7 Å². The molecule has 4 heteroatoms. The van der Waals surface area contributed by atoms with Crippen LogP contribution < -0.4 is 0 Å². The molecule has 1 aromatic carbocycles. The van der Waals surface area contributed by atoms with Crippen molar-refractivity contribution in [3.8, 4) is 0 Å². The summed E-state index contributed by atoms with van der Waals surface area (Å²) < 4.78 is 2.15. The third-order valence-corrected chi connectivity index (χ3v) is 4.63. The Morgan fingerprint density at radius 3 is 2.59 bits per heavy atom. The lowest BCUT2D eigenvalue weighted by Crippen LogP contribution is -2.19. The van der Waals surface area contributed by atoms with Gasteiger partial charge in [0, 0.05) is 18.5 Å². The first-order valence-corrected chi connectivity index (χ1v) is 8.41. The maximum Gasteiger partial charge on any atom is 0.0843 e. The highest BCUT2D eigenvalue weighted by atomic mass is 16.3. The molecule has 120 valence electrons. The Morgan fingerprint density at radius 1 is 1.23 bits per heavy atom. The van der Waals surface area contributed by atoms with Crippen LogP contribution in [0.15, 0.2) is 12.1 Å². The summed E-state index contributed by atoms with van der Waals surface area (Å²) in [7, 11) is 0. The van der Waals surface area contributed by atoms with E-state index in [1.165, 1.54) is 48.1 Å². The van der Waals surface area contributed by atoms with Crippen LogP contribution in [0.3, 0.4) is 0 Å². The fraction of sp³-hybridized carbons (Fsp3) is 0.611. The maximum atomic E-state index is 9.55. The van der Waals surface area contributed by atoms with Crippen molar-refractivity contribution in [1.82, 2.24) is 14.7 Å². The monoisotopic (exact) mass is 301 g/mol. The second-order valence-corrected chi connectivity index (χ2v) is 6.91. The fourth-order valence-electron chi connectivity index (χ4n) is 3.48. The minimum Gasteiger partial charge on any atom is -0.392 e. The van der Waals surface area contributed by atoms with Crippen LogP contribution in [0.4, 0.5) is 0 Å². The average Bonchev–Trinajstić information content (AvgIpc) is 3.08. The lowest BCUT2D eigenvalue weighted by atomic mass is 10.0. The summed E-state index contributed by atoms with van der Waals surface area (Å²) in [5, 5.41) is 15.7. The van der Waals surface area contributed by atoms with Gasteiger partial charge < -0.3 is 5.11 Å². The average molecular weight is 301 g/mol. The van der Waals surface area contributed by atoms with Crippen LogP contribution in [0.5, 0.6) is 0 Å². The van der Waals surface area contributed by atoms with Crippen LogP contribution in [-0.4, -0.2) is 32.9 Å². The van der Waals surface area contributed by atoms with Gasteiger partial charge in [-0.2, -0.15) is 5.10 Å². The maximum absolute atomic E-state index is 9.55. The molecule has 0 saturated carbocycles. The van der Waals surface area contributed by atoms with Gasteiger partial charge in [0.1, 0.15) is 0 Å². The number of hydrogen-bond donors (Lipinski definition) is 1. The fourth-order valence-corrected chi connectivity index (χ4v) is 3.48. The number of aliphatic hydroxyl groups excluding tert-OH is 1. The van der Waals surface area contributed by atoms with Crippen molar-refractivity contribution < 1.29 is 5.11 Å². The Balaban J connectivity index is 2.06. The van der Waals surface area contributed by atoms with Gasteiger partial charge in [-0.1, -0.05) is 26.0 Å². The predicted molar refractivity (Wildman–Crippen MR) is 89.7 cm³/mol. The highest BCUT2D eigenvalue weighted by molar-refractivity contribution is 5.86. The molecule has 0 unspecified atom stereocenters. The number of nitrogens with zero attached hydrogens (tertiary/aromatic N) is 3. The molecule has 0 radical (unpaired) electrons. The Bertz CT molecular complexity index is 654. The number of aromatic nitrogens is 2. The van der Waals surface area contributed by atoms with Gasteiger partial charge in [-0.05, 0) is 49.9 Å². The van der Waals surface area contributed by atoms with E-state index < -0.39 is 0 Å². The lowest BCUT2D eigenvalue weighted by molar-refractivity contribution is 0.281. The van der Waals surface area contributed by atoms with Crippen molar-refractivity contribution in [1.29, 1.82) is 0 Å². The number of fused-ring (bicyclic) bond motifs is 1. The molecule has 0 aliphatic carbocycles. The quantitative estimate of drug-likeness (QED) is 0.922. The van der Waals surface area contributed by atoms with Crippen molar-refractivity contribution in [2.24, 2.45) is 5.92 Å². The second kappa shape index (κ2) is 6.39. The Hall–Kier alpha value is -1.39. The zero-order valence-corrected chi connectivity index (χ0v) is 14.0. The van der Waals surface area contributed by atoms with Gasteiger partial charge in [0.2, 0.25) is 0 Å². The van der Waals surface area contributed by atoms with E-state index in [0.717, 1.165) is 18.7 Å². The highest BCUT2D eigenvalue weighted by Gasteiger charge is 2.19. The standard InChI is InChI=1S/C18H27N3O/c1-13(2)10-21-18-14(3)15(12-22)6-7-16(18)17(19-21)11-20-8-4-5-9-20/h6-7,13,22H,4-5,8-12H2,1-3H3. The van der Waals surface area contributed by atoms with Crippen molar-refractivity contribution in [2.45, 2.75) is 53.3 Å². The smallest absolute Gasteiger partial charge is 0.0843 e. The van der Waals surface area contributed by atoms with Gasteiger partial charge in [0.25, 0.3) is 0 Å². The molecule has 1 saturated heterocycles. The Kier molecular flexibility index (Phi) is 4.50. The summed E-state index contributed by atoms with van der Waals surface area (Å²) >= 11 is 0. The van der Waals surface area contributed by atoms with E-state index in [-0.39, 0.29) is 6.61 Å². The van der Waals surface area contributed by atoms with E-state index in [2.05, 4.69) is 36.4 Å². The van der Waals surface area contributed by atoms with Crippen LogP contribution in [0, 0.1) is 12.8 Å². The molecule has 1 fully saturated rings. The minimum absolute atomic E-state index is 0.0933. The number of likely N-dealkylation sites (tertiary alicyclic amines) is 1. The van der Waals surface area contributed by atoms with E-state index in [1.54, 1.807) is 0 Å². The van der Waals surface area contributed by atoms with E-state index >= 15 is 0 Å². The normalized spacial score (nSPS) is 16.2. The second-order valence-electron chi connectivity index (χ2n) is 6.91. The SMILES string of the molecule is Cc1c(CO)ccc2c(CN3CCCC3)nn(CC(C)C)c12. The first-order chi connectivity index (χ1) is 10.6. The van der Waals surface area contributed by atoms with E-state index in [9.17, 15) is 5.11 Å². The number of aliphatic hydroxyl groups is 1. The summed E-state index contributed by atoms with van der Waals surface area (Å²) in [6.45, 7) is 10.9. The van der Waals surface area contributed by atoms with Gasteiger partial charge >= 0.3 is 0 Å². The summed E-state index contributed by atoms with van der Waals surface area (Å²) in [5.74, 6) is 0.555. The van der Waals surface area contributed by atoms with Crippen molar-refractivity contribution >= 4 is 10.9 Å². The van der Waals surface area contributed by atoms with Crippen LogP contribution >= 0.6 is 0 Å². The molecular formula is C18H27N3O. The van der Waals surface area contributed by atoms with Gasteiger partial charge in [-0.15, -0.1) is 0 Å². The summed E-state index contributed by atoms with van der Waals surface area (Å²) in [5.41, 5.74) is 4.56. The Labute approximate surface area is 132 Å². The third kappa shape index (κ3) is 2.90. The molecule has 1 aliphatic heterocycles. The van der Waals surface area contributed by atoms with Crippen LogP contribution in [0.25, 0.3) is 10.9 Å². The molecule has 22 heavy (non-hydrogen) atoms. The highest BCUT2D eigenvalue weighted by Crippen LogP contribution is 2.27. The van der Waals surface area contributed by atoms with Gasteiger partial charge in [-0.25, -0.2) is 0 Å². The molecule has 2 heterocycles. The van der Waals surface area contributed by atoms with E-state index in [0.29, 0.717) is 5.92 Å². The molecule has 3 rings (SSSR count). The van der Waals surface area contributed by atoms with E-state index in [1.807, 2.05) is 6.07 Å². The summed E-state index contributed by atoms with van der Waals surface area (Å²) in [4.78, 5) is 2.50. The van der Waals surface area contributed by atoms with Gasteiger partial charge in [0.15, 0.2) is 0 Å². The molecule has 1 aliphatic rings. The molecule has 0 amide bonds. The number of rotatable bonds is 5. The molecule has 1 aromatic heterocycles. The number of aryl methyl sites for hydroxylation is 1. The lowest BCUT2D eigenvalue weighted by Gasteiger charge is -2.12. The molecule has 2 aromatic rings. The zero-order chi connectivity index (χ0) is 15.7. The predicted octanol–water partition coefficient (Wildman–Crippen LogP) is 3.09. The minimum atomic E-state index is 0.0933. The summed E-state index contributed by atoms with van der Waals surface area (Å²) in [6, 6.07) is 4.19. The topological polar surface area (TPSA) is 41.3 Å². The molecule has 4 nitrogen and oxygen atoms in total. The van der Waals surface area contributed by atoms with Gasteiger partial charge in [0.05, 0.1) is 17.8 Å². The molecule has 0 spiro atoms.